The zero-order chi connectivity index (χ0) is 19.7. The van der Waals surface area contributed by atoms with E-state index >= 15 is 0 Å². The lowest BCUT2D eigenvalue weighted by molar-refractivity contribution is -0.385. The van der Waals surface area contributed by atoms with Crippen molar-refractivity contribution in [3.05, 3.63) is 93.2 Å². The summed E-state index contributed by atoms with van der Waals surface area (Å²) in [5.74, 6) is -0.640. The van der Waals surface area contributed by atoms with Gasteiger partial charge in [0.1, 0.15) is 11.5 Å². The van der Waals surface area contributed by atoms with Gasteiger partial charge in [-0.15, -0.1) is 0 Å². The molecule has 3 heterocycles. The summed E-state index contributed by atoms with van der Waals surface area (Å²) >= 11 is 0. The summed E-state index contributed by atoms with van der Waals surface area (Å²) in [6.07, 6.45) is 6.04. The Morgan fingerprint density at radius 2 is 2.07 bits per heavy atom. The average Bonchev–Trinajstić information content (AvgIpc) is 3.20. The quantitative estimate of drug-likeness (QED) is 0.421. The molecular weight excluding hydrogens is 367 g/mol. The van der Waals surface area contributed by atoms with Gasteiger partial charge in [0.25, 0.3) is 0 Å². The fourth-order valence-corrected chi connectivity index (χ4v) is 2.82. The Labute approximate surface area is 156 Å². The molecule has 0 saturated carbocycles. The summed E-state index contributed by atoms with van der Waals surface area (Å²) in [6.45, 7) is 0.0530. The van der Waals surface area contributed by atoms with Crippen molar-refractivity contribution >= 4 is 17.2 Å². The second-order valence-electron chi connectivity index (χ2n) is 5.91. The average molecular weight is 380 g/mol. The summed E-state index contributed by atoms with van der Waals surface area (Å²) in [5.41, 5.74) is -0.332. The summed E-state index contributed by atoms with van der Waals surface area (Å²) < 4.78 is 17.0. The van der Waals surface area contributed by atoms with E-state index in [2.05, 4.69) is 15.3 Å². The second kappa shape index (κ2) is 6.91. The minimum Gasteiger partial charge on any atom is -0.360 e. The maximum absolute atomic E-state index is 14.4. The molecule has 4 rings (SSSR count). The number of aromatic nitrogens is 4. The van der Waals surface area contributed by atoms with E-state index in [0.29, 0.717) is 11.3 Å². The van der Waals surface area contributed by atoms with Crippen LogP contribution in [-0.2, 0) is 6.54 Å². The first-order valence-corrected chi connectivity index (χ1v) is 8.21. The van der Waals surface area contributed by atoms with Gasteiger partial charge in [-0.25, -0.2) is 14.4 Å². The van der Waals surface area contributed by atoms with E-state index in [1.54, 1.807) is 36.5 Å². The first-order valence-electron chi connectivity index (χ1n) is 8.21. The van der Waals surface area contributed by atoms with Crippen molar-refractivity contribution < 1.29 is 9.31 Å². The van der Waals surface area contributed by atoms with Gasteiger partial charge in [-0.1, -0.05) is 12.1 Å². The van der Waals surface area contributed by atoms with Gasteiger partial charge in [0, 0.05) is 25.1 Å². The lowest BCUT2D eigenvalue weighted by atomic mass is 10.2. The molecule has 28 heavy (non-hydrogen) atoms. The van der Waals surface area contributed by atoms with Crippen molar-refractivity contribution in [1.29, 1.82) is 0 Å². The number of hydrogen-bond acceptors (Lipinski definition) is 6. The van der Waals surface area contributed by atoms with Crippen LogP contribution in [0, 0.1) is 15.9 Å². The monoisotopic (exact) mass is 380 g/mol. The molecule has 0 amide bonds. The lowest BCUT2D eigenvalue weighted by Gasteiger charge is -2.10. The van der Waals surface area contributed by atoms with E-state index < -0.39 is 22.0 Å². The van der Waals surface area contributed by atoms with Crippen LogP contribution in [0.25, 0.3) is 11.3 Å². The van der Waals surface area contributed by atoms with Crippen molar-refractivity contribution in [1.82, 2.24) is 18.9 Å². The zero-order valence-electron chi connectivity index (χ0n) is 14.3. The Balaban J connectivity index is 1.66. The summed E-state index contributed by atoms with van der Waals surface area (Å²) in [5, 5.41) is 14.1. The second-order valence-corrected chi connectivity index (χ2v) is 5.91. The number of pyridine rings is 1. The highest BCUT2D eigenvalue weighted by Crippen LogP contribution is 2.20. The molecule has 4 aromatic rings. The van der Waals surface area contributed by atoms with Gasteiger partial charge >= 0.3 is 11.2 Å². The van der Waals surface area contributed by atoms with Crippen molar-refractivity contribution in [2.45, 2.75) is 6.54 Å². The number of benzene rings is 1. The molecule has 0 atom stereocenters. The molecule has 9 nitrogen and oxygen atoms in total. The van der Waals surface area contributed by atoms with E-state index in [4.69, 9.17) is 0 Å². The lowest BCUT2D eigenvalue weighted by Crippen LogP contribution is -2.21. The van der Waals surface area contributed by atoms with Crippen LogP contribution in [-0.4, -0.2) is 23.9 Å². The molecule has 1 aromatic carbocycles. The number of nitrogens with zero attached hydrogens (tertiary/aromatic N) is 5. The van der Waals surface area contributed by atoms with Crippen LogP contribution in [0.2, 0.25) is 0 Å². The summed E-state index contributed by atoms with van der Waals surface area (Å²) in [4.78, 5) is 31.0. The van der Waals surface area contributed by atoms with Gasteiger partial charge in [0.15, 0.2) is 0 Å². The minimum absolute atomic E-state index is 0.0530. The number of imidazole rings is 1. The fourth-order valence-electron chi connectivity index (χ4n) is 2.82. The van der Waals surface area contributed by atoms with Gasteiger partial charge in [-0.3, -0.25) is 19.3 Å². The molecule has 0 bridgehead atoms. The first-order chi connectivity index (χ1) is 13.5. The number of anilines is 1. The number of halogens is 1. The normalized spacial score (nSPS) is 10.9. The number of hydrogen-bond donors (Lipinski definition) is 1. The number of fused-ring (bicyclic) bond motifs is 1. The van der Waals surface area contributed by atoms with Crippen LogP contribution < -0.4 is 10.9 Å². The highest BCUT2D eigenvalue weighted by atomic mass is 19.1. The maximum Gasteiger partial charge on any atom is 0.376 e. The van der Waals surface area contributed by atoms with Crippen molar-refractivity contribution in [3.63, 3.8) is 0 Å². The molecule has 10 heteroatoms. The van der Waals surface area contributed by atoms with Gasteiger partial charge in [0.2, 0.25) is 5.82 Å². The molecule has 0 aliphatic heterocycles. The molecule has 0 aliphatic rings. The van der Waals surface area contributed by atoms with Crippen LogP contribution in [0.15, 0.2) is 66.1 Å². The molecule has 0 saturated heterocycles. The predicted molar refractivity (Wildman–Crippen MR) is 99.0 cm³/mol. The molecule has 0 aliphatic carbocycles. The number of rotatable bonds is 5. The topological polar surface area (TPSA) is 107 Å². The third kappa shape index (κ3) is 3.07. The molecule has 0 radical (unpaired) electrons. The summed E-state index contributed by atoms with van der Waals surface area (Å²) in [7, 11) is 0. The van der Waals surface area contributed by atoms with E-state index in [1.165, 1.54) is 29.4 Å². The van der Waals surface area contributed by atoms with Gasteiger partial charge in [-0.2, -0.15) is 0 Å². The highest BCUT2D eigenvalue weighted by molar-refractivity contribution is 5.60. The van der Waals surface area contributed by atoms with Gasteiger partial charge in [-0.05, 0) is 29.8 Å². The Morgan fingerprint density at radius 1 is 1.21 bits per heavy atom. The first kappa shape index (κ1) is 17.3. The Bertz CT molecular complexity index is 1240. The van der Waals surface area contributed by atoms with Crippen LogP contribution in [0.1, 0.15) is 5.56 Å². The standard InChI is InChI=1S/C18H13FN6O3/c19-13-9-12(4-5-14(13)23-8-6-20-11-23)10-21-17-16(25(27)28)18(26)24-7-2-1-3-15(24)22-17/h1-9,11,21H,10H2. The molecule has 140 valence electrons. The van der Waals surface area contributed by atoms with Crippen molar-refractivity contribution in [2.24, 2.45) is 0 Å². The van der Waals surface area contributed by atoms with E-state index in [1.807, 2.05) is 0 Å². The highest BCUT2D eigenvalue weighted by Gasteiger charge is 2.23. The molecule has 0 spiro atoms. The van der Waals surface area contributed by atoms with Gasteiger partial charge < -0.3 is 9.88 Å². The minimum atomic E-state index is -0.792. The van der Waals surface area contributed by atoms with Crippen molar-refractivity contribution in [3.8, 4) is 5.69 Å². The van der Waals surface area contributed by atoms with E-state index in [-0.39, 0.29) is 18.0 Å². The van der Waals surface area contributed by atoms with Crippen LogP contribution in [0.4, 0.5) is 15.9 Å². The van der Waals surface area contributed by atoms with Crippen LogP contribution in [0.3, 0.4) is 0 Å². The molecular formula is C18H13FN6O3. The van der Waals surface area contributed by atoms with Crippen LogP contribution in [0.5, 0.6) is 0 Å². The summed E-state index contributed by atoms with van der Waals surface area (Å²) in [6, 6.07) is 9.37. The van der Waals surface area contributed by atoms with E-state index in [0.717, 1.165) is 4.40 Å². The Morgan fingerprint density at radius 3 is 2.79 bits per heavy atom. The fraction of sp³-hybridized carbons (Fsp3) is 0.0556. The zero-order valence-corrected chi connectivity index (χ0v) is 14.3. The SMILES string of the molecule is O=c1c([N+](=O)[O-])c(NCc2ccc(-n3ccnc3)c(F)c2)nc2ccccn12. The van der Waals surface area contributed by atoms with E-state index in [9.17, 15) is 19.3 Å². The molecule has 0 unspecified atom stereocenters. The maximum atomic E-state index is 14.4. The molecule has 3 aromatic heterocycles. The predicted octanol–water partition coefficient (Wildman–Crippen LogP) is 2.54. The van der Waals surface area contributed by atoms with Crippen LogP contribution >= 0.6 is 0 Å². The van der Waals surface area contributed by atoms with Crippen molar-refractivity contribution in [2.75, 3.05) is 5.32 Å². The largest absolute Gasteiger partial charge is 0.376 e. The number of nitrogens with one attached hydrogen (secondary N) is 1. The third-order valence-electron chi connectivity index (χ3n) is 4.15. The Kier molecular flexibility index (Phi) is 4.28. The van der Waals surface area contributed by atoms with Gasteiger partial charge in [0.05, 0.1) is 16.9 Å². The third-order valence-corrected chi connectivity index (χ3v) is 4.15. The number of nitro groups is 1. The molecule has 0 fully saturated rings. The Hall–Kier alpha value is -4.08. The smallest absolute Gasteiger partial charge is 0.360 e. The molecule has 1 N–H and O–H groups in total.